The first kappa shape index (κ1) is 18.0. The number of rotatable bonds is 3. The maximum Gasteiger partial charge on any atom is 0.239 e. The molecule has 126 valence electrons. The molecule has 1 fully saturated rings. The first-order chi connectivity index (χ1) is 10.7. The summed E-state index contributed by atoms with van der Waals surface area (Å²) in [4.78, 5) is 27.2. The molecule has 0 radical (unpaired) electrons. The van der Waals surface area contributed by atoms with Gasteiger partial charge in [-0.25, -0.2) is 0 Å². The Morgan fingerprint density at radius 3 is 2.65 bits per heavy atom. The molecule has 0 aliphatic carbocycles. The minimum absolute atomic E-state index is 0.0876. The van der Waals surface area contributed by atoms with E-state index in [1.807, 2.05) is 30.0 Å². The van der Waals surface area contributed by atoms with Crippen molar-refractivity contribution in [2.45, 2.75) is 40.5 Å². The fourth-order valence-electron chi connectivity index (χ4n) is 2.88. The number of carbonyl (C=O) groups excluding carboxylic acids is 2. The second kappa shape index (κ2) is 7.04. The lowest BCUT2D eigenvalue weighted by Crippen LogP contribution is -2.50. The number of amides is 2. The molecule has 0 saturated carbocycles. The number of likely N-dealkylation sites (tertiary alicyclic amines) is 1. The molecule has 0 aromatic heterocycles. The second-order valence-electron chi connectivity index (χ2n) is 7.04. The van der Waals surface area contributed by atoms with E-state index in [1.54, 1.807) is 13.8 Å². The number of halogens is 1. The van der Waals surface area contributed by atoms with Crippen LogP contribution in [0.5, 0.6) is 0 Å². The highest BCUT2D eigenvalue weighted by atomic mass is 79.9. The van der Waals surface area contributed by atoms with Crippen LogP contribution in [0.25, 0.3) is 0 Å². The van der Waals surface area contributed by atoms with Gasteiger partial charge in [-0.1, -0.05) is 22.9 Å². The average molecular weight is 381 g/mol. The van der Waals surface area contributed by atoms with E-state index in [0.717, 1.165) is 36.0 Å². The van der Waals surface area contributed by atoms with Crippen LogP contribution in [0, 0.1) is 18.3 Å². The van der Waals surface area contributed by atoms with Crippen LogP contribution in [-0.2, 0) is 9.59 Å². The summed E-state index contributed by atoms with van der Waals surface area (Å²) in [5.41, 5.74) is 0.679. The van der Waals surface area contributed by atoms with Crippen LogP contribution in [0.3, 0.4) is 0 Å². The summed E-state index contributed by atoms with van der Waals surface area (Å²) in [6, 6.07) is 5.62. The highest BCUT2D eigenvalue weighted by molar-refractivity contribution is 9.10. The Morgan fingerprint density at radius 1 is 1.35 bits per heavy atom. The highest BCUT2D eigenvalue weighted by Gasteiger charge is 2.40. The number of hydrogen-bond acceptors (Lipinski definition) is 2. The SMILES string of the molecule is Cc1cc(NC(=O)C(C)(C)C(=O)N2CCCC(C)C2)ccc1Br. The maximum absolute atomic E-state index is 12.8. The van der Waals surface area contributed by atoms with E-state index in [1.165, 1.54) is 0 Å². The fourth-order valence-corrected chi connectivity index (χ4v) is 3.12. The standard InChI is InChI=1S/C18H25BrN2O2/c1-12-6-5-9-21(11-12)17(23)18(3,4)16(22)20-14-7-8-15(19)13(2)10-14/h7-8,10,12H,5-6,9,11H2,1-4H3,(H,20,22). The van der Waals surface area contributed by atoms with Crippen molar-refractivity contribution in [3.8, 4) is 0 Å². The zero-order valence-corrected chi connectivity index (χ0v) is 15.9. The fraction of sp³-hybridized carbons (Fsp3) is 0.556. The summed E-state index contributed by atoms with van der Waals surface area (Å²) in [5.74, 6) is 0.151. The summed E-state index contributed by atoms with van der Waals surface area (Å²) in [6.07, 6.45) is 2.16. The van der Waals surface area contributed by atoms with Crippen molar-refractivity contribution in [1.29, 1.82) is 0 Å². The Labute approximate surface area is 146 Å². The Balaban J connectivity index is 2.09. The Bertz CT molecular complexity index is 613. The van der Waals surface area contributed by atoms with Crippen LogP contribution in [-0.4, -0.2) is 29.8 Å². The molecule has 1 aromatic rings. The van der Waals surface area contributed by atoms with Gasteiger partial charge in [-0.3, -0.25) is 9.59 Å². The molecule has 2 rings (SSSR count). The van der Waals surface area contributed by atoms with Crippen LogP contribution in [0.1, 0.15) is 39.2 Å². The van der Waals surface area contributed by atoms with Crippen LogP contribution in [0.4, 0.5) is 5.69 Å². The molecule has 1 aliphatic rings. The zero-order valence-electron chi connectivity index (χ0n) is 14.3. The molecular formula is C18H25BrN2O2. The molecule has 4 nitrogen and oxygen atoms in total. The molecule has 1 unspecified atom stereocenters. The molecule has 1 N–H and O–H groups in total. The van der Waals surface area contributed by atoms with Crippen LogP contribution >= 0.6 is 15.9 Å². The minimum atomic E-state index is -1.07. The molecule has 1 aromatic carbocycles. The Kier molecular flexibility index (Phi) is 5.50. The number of carbonyl (C=O) groups is 2. The van der Waals surface area contributed by atoms with Gasteiger partial charge < -0.3 is 10.2 Å². The smallest absolute Gasteiger partial charge is 0.239 e. The summed E-state index contributed by atoms with van der Waals surface area (Å²) in [6.45, 7) is 9.01. The monoisotopic (exact) mass is 380 g/mol. The number of nitrogens with zero attached hydrogens (tertiary/aromatic N) is 1. The molecule has 0 spiro atoms. The van der Waals surface area contributed by atoms with Gasteiger partial charge in [0.05, 0.1) is 0 Å². The third kappa shape index (κ3) is 4.14. The van der Waals surface area contributed by atoms with Gasteiger partial charge in [0.25, 0.3) is 0 Å². The van der Waals surface area contributed by atoms with E-state index in [2.05, 4.69) is 28.2 Å². The number of anilines is 1. The Hall–Kier alpha value is -1.36. The van der Waals surface area contributed by atoms with E-state index in [-0.39, 0.29) is 11.8 Å². The third-order valence-corrected chi connectivity index (χ3v) is 5.35. The van der Waals surface area contributed by atoms with E-state index in [9.17, 15) is 9.59 Å². The van der Waals surface area contributed by atoms with Gasteiger partial charge in [0.2, 0.25) is 11.8 Å². The van der Waals surface area contributed by atoms with Crippen molar-refractivity contribution in [2.75, 3.05) is 18.4 Å². The lowest BCUT2D eigenvalue weighted by molar-refractivity contribution is -0.147. The largest absolute Gasteiger partial charge is 0.342 e. The van der Waals surface area contributed by atoms with Gasteiger partial charge in [-0.2, -0.15) is 0 Å². The van der Waals surface area contributed by atoms with Gasteiger partial charge in [0, 0.05) is 23.2 Å². The molecule has 0 bridgehead atoms. The second-order valence-corrected chi connectivity index (χ2v) is 7.90. The topological polar surface area (TPSA) is 49.4 Å². The minimum Gasteiger partial charge on any atom is -0.342 e. The van der Waals surface area contributed by atoms with E-state index in [0.29, 0.717) is 11.6 Å². The summed E-state index contributed by atoms with van der Waals surface area (Å²) in [7, 11) is 0. The lowest BCUT2D eigenvalue weighted by atomic mass is 9.88. The maximum atomic E-state index is 12.8. The zero-order chi connectivity index (χ0) is 17.2. The van der Waals surface area contributed by atoms with E-state index < -0.39 is 5.41 Å². The third-order valence-electron chi connectivity index (χ3n) is 4.46. The molecule has 2 amide bonds. The van der Waals surface area contributed by atoms with Gasteiger partial charge in [-0.05, 0) is 63.3 Å². The van der Waals surface area contributed by atoms with Gasteiger partial charge in [-0.15, -0.1) is 0 Å². The van der Waals surface area contributed by atoms with Crippen molar-refractivity contribution in [3.63, 3.8) is 0 Å². The predicted molar refractivity (Wildman–Crippen MR) is 96.3 cm³/mol. The van der Waals surface area contributed by atoms with Crippen LogP contribution in [0.15, 0.2) is 22.7 Å². The van der Waals surface area contributed by atoms with E-state index in [4.69, 9.17) is 0 Å². The Morgan fingerprint density at radius 2 is 2.04 bits per heavy atom. The molecule has 1 saturated heterocycles. The predicted octanol–water partition coefficient (Wildman–Crippen LogP) is 3.98. The molecule has 23 heavy (non-hydrogen) atoms. The summed E-state index contributed by atoms with van der Waals surface area (Å²) >= 11 is 3.44. The number of hydrogen-bond donors (Lipinski definition) is 1. The normalized spacial score (nSPS) is 18.7. The van der Waals surface area contributed by atoms with Gasteiger partial charge in [0.1, 0.15) is 5.41 Å². The van der Waals surface area contributed by atoms with Gasteiger partial charge in [0.15, 0.2) is 0 Å². The van der Waals surface area contributed by atoms with Crippen molar-refractivity contribution in [2.24, 2.45) is 11.3 Å². The number of aryl methyl sites for hydroxylation is 1. The van der Waals surface area contributed by atoms with Crippen molar-refractivity contribution < 1.29 is 9.59 Å². The molecule has 1 heterocycles. The van der Waals surface area contributed by atoms with E-state index >= 15 is 0 Å². The van der Waals surface area contributed by atoms with Crippen LogP contribution in [0.2, 0.25) is 0 Å². The molecule has 1 aliphatic heterocycles. The van der Waals surface area contributed by atoms with Crippen molar-refractivity contribution >= 4 is 33.4 Å². The average Bonchev–Trinajstić information content (AvgIpc) is 2.50. The van der Waals surface area contributed by atoms with Crippen molar-refractivity contribution in [1.82, 2.24) is 4.90 Å². The number of nitrogens with one attached hydrogen (secondary N) is 1. The first-order valence-corrected chi connectivity index (χ1v) is 8.88. The quantitative estimate of drug-likeness (QED) is 0.806. The first-order valence-electron chi connectivity index (χ1n) is 8.09. The number of benzene rings is 1. The van der Waals surface area contributed by atoms with Crippen molar-refractivity contribution in [3.05, 3.63) is 28.2 Å². The summed E-state index contributed by atoms with van der Waals surface area (Å²) in [5, 5.41) is 2.87. The molecule has 1 atom stereocenters. The molecular weight excluding hydrogens is 356 g/mol. The summed E-state index contributed by atoms with van der Waals surface area (Å²) < 4.78 is 0.994. The van der Waals surface area contributed by atoms with Crippen LogP contribution < -0.4 is 5.32 Å². The molecule has 5 heteroatoms. The van der Waals surface area contributed by atoms with Gasteiger partial charge >= 0.3 is 0 Å². The highest BCUT2D eigenvalue weighted by Crippen LogP contribution is 2.27. The lowest BCUT2D eigenvalue weighted by Gasteiger charge is -2.36. The number of piperidine rings is 1.